The Morgan fingerprint density at radius 2 is 2.00 bits per heavy atom. The molecule has 0 aliphatic carbocycles. The fraction of sp³-hybridized carbons (Fsp3) is 0.538. The number of hydrogen-bond acceptors (Lipinski definition) is 2. The van der Waals surface area contributed by atoms with Crippen molar-refractivity contribution in [3.63, 3.8) is 0 Å². The normalized spacial score (nSPS) is 26.1. The van der Waals surface area contributed by atoms with Crippen LogP contribution in [-0.4, -0.2) is 21.7 Å². The van der Waals surface area contributed by atoms with Gasteiger partial charge in [-0.15, -0.1) is 0 Å². The van der Waals surface area contributed by atoms with Crippen LogP contribution in [0.3, 0.4) is 0 Å². The molecule has 2 rings (SSSR count). The van der Waals surface area contributed by atoms with Crippen LogP contribution in [0.4, 0.5) is 8.78 Å². The predicted molar refractivity (Wildman–Crippen MR) is 66.2 cm³/mol. The van der Waals surface area contributed by atoms with Gasteiger partial charge in [0, 0.05) is 10.8 Å². The largest absolute Gasteiger partial charge is 0.391 e. The summed E-state index contributed by atoms with van der Waals surface area (Å²) < 4.78 is 25.9. The minimum atomic E-state index is -0.587. The van der Waals surface area contributed by atoms with E-state index in [-0.39, 0.29) is 4.75 Å². The Hall–Kier alpha value is -0.610. The van der Waals surface area contributed by atoms with E-state index in [1.54, 1.807) is 11.8 Å². The fourth-order valence-electron chi connectivity index (χ4n) is 2.23. The molecule has 1 aromatic carbocycles. The zero-order valence-corrected chi connectivity index (χ0v) is 10.6. The third-order valence-corrected chi connectivity index (χ3v) is 4.93. The van der Waals surface area contributed by atoms with Crippen LogP contribution in [0.5, 0.6) is 0 Å². The molecule has 1 aliphatic rings. The van der Waals surface area contributed by atoms with Gasteiger partial charge < -0.3 is 5.11 Å². The SMILES string of the molecule is CC1(C(O)Cc2cc(F)cc(F)c2)CCCS1. The van der Waals surface area contributed by atoms with Crippen LogP contribution < -0.4 is 0 Å². The summed E-state index contributed by atoms with van der Waals surface area (Å²) in [7, 11) is 0. The van der Waals surface area contributed by atoms with Crippen LogP contribution in [-0.2, 0) is 6.42 Å². The van der Waals surface area contributed by atoms with Crippen molar-refractivity contribution in [2.45, 2.75) is 37.0 Å². The zero-order chi connectivity index (χ0) is 12.5. The molecule has 2 atom stereocenters. The van der Waals surface area contributed by atoms with Crippen LogP contribution in [0.15, 0.2) is 18.2 Å². The fourth-order valence-corrected chi connectivity index (χ4v) is 3.55. The van der Waals surface area contributed by atoms with Gasteiger partial charge in [0.2, 0.25) is 0 Å². The summed E-state index contributed by atoms with van der Waals surface area (Å²) in [6.07, 6.45) is 1.79. The Balaban J connectivity index is 2.09. The van der Waals surface area contributed by atoms with Gasteiger partial charge in [-0.3, -0.25) is 0 Å². The van der Waals surface area contributed by atoms with Crippen LogP contribution in [0.1, 0.15) is 25.3 Å². The molecule has 17 heavy (non-hydrogen) atoms. The molecule has 94 valence electrons. The maximum absolute atomic E-state index is 13.0. The van der Waals surface area contributed by atoms with Crippen molar-refractivity contribution in [2.24, 2.45) is 0 Å². The first-order chi connectivity index (χ1) is 7.99. The highest BCUT2D eigenvalue weighted by atomic mass is 32.2. The highest BCUT2D eigenvalue weighted by Crippen LogP contribution is 2.41. The lowest BCUT2D eigenvalue weighted by atomic mass is 9.93. The first-order valence-corrected chi connectivity index (χ1v) is 6.75. The molecule has 2 unspecified atom stereocenters. The van der Waals surface area contributed by atoms with E-state index < -0.39 is 17.7 Å². The van der Waals surface area contributed by atoms with E-state index in [1.807, 2.05) is 6.92 Å². The minimum absolute atomic E-state index is 0.178. The molecule has 0 bridgehead atoms. The zero-order valence-electron chi connectivity index (χ0n) is 9.75. The van der Waals surface area contributed by atoms with Gasteiger partial charge >= 0.3 is 0 Å². The summed E-state index contributed by atoms with van der Waals surface area (Å²) in [5, 5.41) is 10.2. The summed E-state index contributed by atoms with van der Waals surface area (Å²) in [5.41, 5.74) is 0.517. The van der Waals surface area contributed by atoms with Crippen molar-refractivity contribution in [3.05, 3.63) is 35.4 Å². The second-order valence-electron chi connectivity index (χ2n) is 4.76. The number of halogens is 2. The summed E-state index contributed by atoms with van der Waals surface area (Å²) in [6.45, 7) is 2.02. The highest BCUT2D eigenvalue weighted by Gasteiger charge is 2.36. The predicted octanol–water partition coefficient (Wildman–Crippen LogP) is 3.15. The summed E-state index contributed by atoms with van der Waals surface area (Å²) in [5.74, 6) is -0.127. The van der Waals surface area contributed by atoms with Crippen molar-refractivity contribution in [2.75, 3.05) is 5.75 Å². The third kappa shape index (κ3) is 2.99. The van der Waals surface area contributed by atoms with Gasteiger partial charge in [-0.05, 0) is 49.6 Å². The number of aliphatic hydroxyl groups is 1. The van der Waals surface area contributed by atoms with Gasteiger partial charge in [-0.2, -0.15) is 11.8 Å². The molecule has 1 saturated heterocycles. The quantitative estimate of drug-likeness (QED) is 0.898. The van der Waals surface area contributed by atoms with Gasteiger partial charge in [0.15, 0.2) is 0 Å². The molecular weight excluding hydrogens is 242 g/mol. The first-order valence-electron chi connectivity index (χ1n) is 5.77. The van der Waals surface area contributed by atoms with E-state index in [0.29, 0.717) is 12.0 Å². The van der Waals surface area contributed by atoms with Crippen molar-refractivity contribution < 1.29 is 13.9 Å². The van der Waals surface area contributed by atoms with Gasteiger partial charge in [0.1, 0.15) is 11.6 Å². The average molecular weight is 258 g/mol. The molecule has 1 aromatic rings. The molecule has 0 radical (unpaired) electrons. The van der Waals surface area contributed by atoms with E-state index >= 15 is 0 Å². The van der Waals surface area contributed by atoms with Gasteiger partial charge in [0.25, 0.3) is 0 Å². The van der Waals surface area contributed by atoms with E-state index in [9.17, 15) is 13.9 Å². The van der Waals surface area contributed by atoms with Crippen LogP contribution in [0.25, 0.3) is 0 Å². The number of thioether (sulfide) groups is 1. The van der Waals surface area contributed by atoms with E-state index in [0.717, 1.165) is 24.7 Å². The smallest absolute Gasteiger partial charge is 0.126 e. The van der Waals surface area contributed by atoms with E-state index in [1.165, 1.54) is 12.1 Å². The van der Waals surface area contributed by atoms with Crippen molar-refractivity contribution >= 4 is 11.8 Å². The first kappa shape index (κ1) is 12.8. The lowest BCUT2D eigenvalue weighted by molar-refractivity contribution is 0.133. The van der Waals surface area contributed by atoms with Gasteiger partial charge in [-0.1, -0.05) is 0 Å². The lowest BCUT2D eigenvalue weighted by Gasteiger charge is -2.29. The number of aliphatic hydroxyl groups excluding tert-OH is 1. The summed E-state index contributed by atoms with van der Waals surface area (Å²) in [4.78, 5) is 0. The number of rotatable bonds is 3. The van der Waals surface area contributed by atoms with Gasteiger partial charge in [-0.25, -0.2) is 8.78 Å². The Kier molecular flexibility index (Phi) is 3.73. The molecule has 4 heteroatoms. The standard InChI is InChI=1S/C13H16F2OS/c1-13(3-2-4-17-13)12(16)7-9-5-10(14)8-11(15)6-9/h5-6,8,12,16H,2-4,7H2,1H3. The molecule has 1 aliphatic heterocycles. The molecule has 1 nitrogen and oxygen atoms in total. The third-order valence-electron chi connectivity index (χ3n) is 3.31. The van der Waals surface area contributed by atoms with Crippen molar-refractivity contribution in [1.29, 1.82) is 0 Å². The van der Waals surface area contributed by atoms with Crippen molar-refractivity contribution in [3.8, 4) is 0 Å². The van der Waals surface area contributed by atoms with Crippen LogP contribution in [0.2, 0.25) is 0 Å². The highest BCUT2D eigenvalue weighted by molar-refractivity contribution is 8.00. The Morgan fingerprint density at radius 1 is 1.35 bits per heavy atom. The maximum atomic E-state index is 13.0. The minimum Gasteiger partial charge on any atom is -0.391 e. The molecule has 0 amide bonds. The van der Waals surface area contributed by atoms with Crippen LogP contribution >= 0.6 is 11.8 Å². The molecule has 0 spiro atoms. The van der Waals surface area contributed by atoms with Crippen LogP contribution in [0, 0.1) is 11.6 Å². The summed E-state index contributed by atoms with van der Waals surface area (Å²) in [6, 6.07) is 3.42. The molecule has 0 aromatic heterocycles. The number of hydrogen-bond donors (Lipinski definition) is 1. The molecule has 1 heterocycles. The Bertz CT molecular complexity index is 382. The maximum Gasteiger partial charge on any atom is 0.126 e. The Labute approximate surface area is 104 Å². The lowest BCUT2D eigenvalue weighted by Crippen LogP contribution is -2.35. The van der Waals surface area contributed by atoms with Crippen molar-refractivity contribution in [1.82, 2.24) is 0 Å². The molecule has 1 fully saturated rings. The molecule has 1 N–H and O–H groups in total. The van der Waals surface area contributed by atoms with E-state index in [4.69, 9.17) is 0 Å². The average Bonchev–Trinajstić information content (AvgIpc) is 2.64. The second-order valence-corrected chi connectivity index (χ2v) is 6.39. The van der Waals surface area contributed by atoms with E-state index in [2.05, 4.69) is 0 Å². The Morgan fingerprint density at radius 3 is 2.53 bits per heavy atom. The molecule has 0 saturated carbocycles. The second kappa shape index (κ2) is 4.94. The van der Waals surface area contributed by atoms with Gasteiger partial charge in [0.05, 0.1) is 6.10 Å². The summed E-state index contributed by atoms with van der Waals surface area (Å²) >= 11 is 1.74. The number of benzene rings is 1. The topological polar surface area (TPSA) is 20.2 Å². The monoisotopic (exact) mass is 258 g/mol. The molecular formula is C13H16F2OS.